The summed E-state index contributed by atoms with van der Waals surface area (Å²) in [7, 11) is 0. The van der Waals surface area contributed by atoms with Crippen molar-refractivity contribution in [1.29, 1.82) is 0 Å². The number of nitrogens with one attached hydrogen (secondary N) is 2. The van der Waals surface area contributed by atoms with E-state index in [-0.39, 0.29) is 0 Å². The Morgan fingerprint density at radius 1 is 1.15 bits per heavy atom. The Morgan fingerprint density at radius 3 is 2.45 bits per heavy atom. The number of hydrazine groups is 1. The van der Waals surface area contributed by atoms with Gasteiger partial charge in [-0.15, -0.1) is 11.3 Å². The van der Waals surface area contributed by atoms with Gasteiger partial charge in [-0.25, -0.2) is 0 Å². The van der Waals surface area contributed by atoms with Gasteiger partial charge in [-0.1, -0.05) is 18.9 Å². The number of carbonyl (C=O) groups is 3. The van der Waals surface area contributed by atoms with Gasteiger partial charge < -0.3 is 5.11 Å². The molecule has 108 valence electrons. The average molecular weight is 296 g/mol. The zero-order valence-corrected chi connectivity index (χ0v) is 11.6. The molecular weight excluding hydrogens is 280 g/mol. The summed E-state index contributed by atoms with van der Waals surface area (Å²) in [4.78, 5) is 35.3. The number of hydrogen-bond donors (Lipinski definition) is 3. The smallest absolute Gasteiger partial charge is 0.307 e. The topological polar surface area (TPSA) is 95.5 Å². The minimum Gasteiger partial charge on any atom is -0.481 e. The van der Waals surface area contributed by atoms with Crippen LogP contribution in [0, 0.1) is 11.8 Å². The van der Waals surface area contributed by atoms with E-state index < -0.39 is 29.6 Å². The first-order valence-corrected chi connectivity index (χ1v) is 7.34. The van der Waals surface area contributed by atoms with Gasteiger partial charge in [0.15, 0.2) is 0 Å². The van der Waals surface area contributed by atoms with Gasteiger partial charge in [0.05, 0.1) is 16.7 Å². The lowest BCUT2D eigenvalue weighted by atomic mass is 9.79. The van der Waals surface area contributed by atoms with Crippen molar-refractivity contribution in [2.24, 2.45) is 11.8 Å². The van der Waals surface area contributed by atoms with Crippen LogP contribution in [-0.2, 0) is 9.59 Å². The van der Waals surface area contributed by atoms with Crippen LogP contribution >= 0.6 is 11.3 Å². The van der Waals surface area contributed by atoms with E-state index in [4.69, 9.17) is 5.11 Å². The molecule has 1 aliphatic rings. The van der Waals surface area contributed by atoms with Crippen molar-refractivity contribution in [2.75, 3.05) is 0 Å². The van der Waals surface area contributed by atoms with Gasteiger partial charge in [0.2, 0.25) is 5.91 Å². The van der Waals surface area contributed by atoms with Crippen molar-refractivity contribution in [3.63, 3.8) is 0 Å². The lowest BCUT2D eigenvalue weighted by Crippen LogP contribution is -2.47. The molecule has 1 unspecified atom stereocenters. The summed E-state index contributed by atoms with van der Waals surface area (Å²) in [5.41, 5.74) is 4.65. The molecule has 0 aliphatic heterocycles. The molecule has 3 N–H and O–H groups in total. The highest BCUT2D eigenvalue weighted by Crippen LogP contribution is 2.30. The van der Waals surface area contributed by atoms with E-state index in [9.17, 15) is 14.4 Å². The van der Waals surface area contributed by atoms with Gasteiger partial charge >= 0.3 is 5.97 Å². The van der Waals surface area contributed by atoms with Gasteiger partial charge in [0.1, 0.15) is 0 Å². The van der Waals surface area contributed by atoms with Crippen LogP contribution in [0.4, 0.5) is 0 Å². The molecule has 7 heteroatoms. The van der Waals surface area contributed by atoms with E-state index in [0.717, 1.165) is 12.8 Å². The SMILES string of the molecule is O=C(NNC(=O)C1CCCC[C@@H]1C(=O)O)c1cccs1. The van der Waals surface area contributed by atoms with Crippen LogP contribution < -0.4 is 10.9 Å². The first-order valence-electron chi connectivity index (χ1n) is 6.46. The number of carboxylic acids is 1. The van der Waals surface area contributed by atoms with Crippen molar-refractivity contribution in [2.45, 2.75) is 25.7 Å². The predicted octanol–water partition coefficient (Wildman–Crippen LogP) is 1.40. The molecule has 6 nitrogen and oxygen atoms in total. The highest BCUT2D eigenvalue weighted by atomic mass is 32.1. The Morgan fingerprint density at radius 2 is 1.85 bits per heavy atom. The number of aliphatic carboxylic acids is 1. The molecule has 2 atom stereocenters. The van der Waals surface area contributed by atoms with Crippen LogP contribution in [-0.4, -0.2) is 22.9 Å². The minimum absolute atomic E-state index is 0.393. The lowest BCUT2D eigenvalue weighted by molar-refractivity contribution is -0.149. The maximum absolute atomic E-state index is 12.0. The third-order valence-electron chi connectivity index (χ3n) is 3.46. The van der Waals surface area contributed by atoms with E-state index in [1.165, 1.54) is 11.3 Å². The summed E-state index contributed by atoms with van der Waals surface area (Å²) in [6.45, 7) is 0. The Balaban J connectivity index is 1.90. The van der Waals surface area contributed by atoms with Gasteiger partial charge in [-0.3, -0.25) is 25.2 Å². The lowest BCUT2D eigenvalue weighted by Gasteiger charge is -2.27. The standard InChI is InChI=1S/C13H16N2O4S/c16-11(8-4-1-2-5-9(8)13(18)19)14-15-12(17)10-6-3-7-20-10/h3,6-9H,1-2,4-5H2,(H,14,16)(H,15,17)(H,18,19)/t8?,9-/m0/s1. The van der Waals surface area contributed by atoms with E-state index in [1.807, 2.05) is 0 Å². The molecule has 1 aliphatic carbocycles. The van der Waals surface area contributed by atoms with Crippen molar-refractivity contribution >= 4 is 29.1 Å². The first-order chi connectivity index (χ1) is 9.59. The quantitative estimate of drug-likeness (QED) is 0.735. The Hall–Kier alpha value is -1.89. The molecule has 1 aromatic heterocycles. The number of hydrogen-bond acceptors (Lipinski definition) is 4. The molecule has 1 saturated carbocycles. The molecule has 0 saturated heterocycles. The summed E-state index contributed by atoms with van der Waals surface area (Å²) < 4.78 is 0. The maximum Gasteiger partial charge on any atom is 0.307 e. The zero-order valence-electron chi connectivity index (χ0n) is 10.8. The Kier molecular flexibility index (Phi) is 4.73. The highest BCUT2D eigenvalue weighted by Gasteiger charge is 2.35. The van der Waals surface area contributed by atoms with Crippen molar-refractivity contribution in [3.8, 4) is 0 Å². The van der Waals surface area contributed by atoms with Gasteiger partial charge in [0.25, 0.3) is 5.91 Å². The predicted molar refractivity (Wildman–Crippen MR) is 73.0 cm³/mol. The van der Waals surface area contributed by atoms with Crippen LogP contribution in [0.3, 0.4) is 0 Å². The second-order valence-corrected chi connectivity index (χ2v) is 5.70. The number of amides is 2. The van der Waals surface area contributed by atoms with Crippen LogP contribution in [0.1, 0.15) is 35.4 Å². The van der Waals surface area contributed by atoms with Crippen LogP contribution in [0.25, 0.3) is 0 Å². The monoisotopic (exact) mass is 296 g/mol. The number of thiophene rings is 1. The number of carboxylic acid groups (broad SMARTS) is 1. The molecule has 20 heavy (non-hydrogen) atoms. The van der Waals surface area contributed by atoms with Gasteiger partial charge in [-0.2, -0.15) is 0 Å². The average Bonchev–Trinajstić information content (AvgIpc) is 2.98. The molecule has 1 aromatic rings. The van der Waals surface area contributed by atoms with Crippen molar-refractivity contribution < 1.29 is 19.5 Å². The van der Waals surface area contributed by atoms with Crippen LogP contribution in [0.5, 0.6) is 0 Å². The second-order valence-electron chi connectivity index (χ2n) is 4.76. The molecule has 2 rings (SSSR count). The van der Waals surface area contributed by atoms with Crippen LogP contribution in [0.2, 0.25) is 0 Å². The van der Waals surface area contributed by atoms with E-state index in [0.29, 0.717) is 17.7 Å². The molecule has 1 heterocycles. The molecule has 0 spiro atoms. The molecule has 1 fully saturated rings. The maximum atomic E-state index is 12.0. The summed E-state index contributed by atoms with van der Waals surface area (Å²) in [6, 6.07) is 3.38. The largest absolute Gasteiger partial charge is 0.481 e. The fourth-order valence-electron chi connectivity index (χ4n) is 2.42. The molecule has 0 aromatic carbocycles. The molecular formula is C13H16N2O4S. The summed E-state index contributed by atoms with van der Waals surface area (Å²) in [5, 5.41) is 10.9. The van der Waals surface area contributed by atoms with Gasteiger partial charge in [0, 0.05) is 0 Å². The Bertz CT molecular complexity index is 500. The van der Waals surface area contributed by atoms with Crippen molar-refractivity contribution in [1.82, 2.24) is 10.9 Å². The first kappa shape index (κ1) is 14.5. The fourth-order valence-corrected chi connectivity index (χ4v) is 3.04. The summed E-state index contributed by atoms with van der Waals surface area (Å²) >= 11 is 1.27. The van der Waals surface area contributed by atoms with Crippen LogP contribution in [0.15, 0.2) is 17.5 Å². The molecule has 0 bridgehead atoms. The van der Waals surface area contributed by atoms with E-state index in [1.54, 1.807) is 17.5 Å². The molecule has 0 radical (unpaired) electrons. The zero-order chi connectivity index (χ0) is 14.5. The van der Waals surface area contributed by atoms with E-state index >= 15 is 0 Å². The van der Waals surface area contributed by atoms with E-state index in [2.05, 4.69) is 10.9 Å². The number of rotatable bonds is 3. The normalized spacial score (nSPS) is 22.0. The minimum atomic E-state index is -0.950. The van der Waals surface area contributed by atoms with Gasteiger partial charge in [-0.05, 0) is 24.3 Å². The summed E-state index contributed by atoms with van der Waals surface area (Å²) in [5.74, 6) is -3.01. The van der Waals surface area contributed by atoms with Crippen molar-refractivity contribution in [3.05, 3.63) is 22.4 Å². The molecule has 2 amide bonds. The summed E-state index contributed by atoms with van der Waals surface area (Å²) in [6.07, 6.45) is 2.70. The second kappa shape index (κ2) is 6.51. The third kappa shape index (κ3) is 3.36. The Labute approximate surface area is 120 Å². The third-order valence-corrected chi connectivity index (χ3v) is 4.33. The number of carbonyl (C=O) groups excluding carboxylic acids is 2. The highest BCUT2D eigenvalue weighted by molar-refractivity contribution is 7.12. The fraction of sp³-hybridized carbons (Fsp3) is 0.462.